The van der Waals surface area contributed by atoms with E-state index in [0.717, 1.165) is 36.6 Å². The van der Waals surface area contributed by atoms with Crippen LogP contribution < -0.4 is 10.5 Å². The summed E-state index contributed by atoms with van der Waals surface area (Å²) in [4.78, 5) is 11.1. The number of nitrogens with zero attached hydrogens (tertiary/aromatic N) is 5. The summed E-state index contributed by atoms with van der Waals surface area (Å²) < 4.78 is 13.1. The van der Waals surface area contributed by atoms with Gasteiger partial charge >= 0.3 is 0 Å². The summed E-state index contributed by atoms with van der Waals surface area (Å²) in [5, 5.41) is 15.0. The predicted octanol–water partition coefficient (Wildman–Crippen LogP) is 2.09. The fraction of sp³-hybridized carbons (Fsp3) is 0.542. The van der Waals surface area contributed by atoms with E-state index in [1.165, 1.54) is 19.0 Å². The average Bonchev–Trinajstić information content (AvgIpc) is 3.08. The number of benzene rings is 1. The van der Waals surface area contributed by atoms with Crippen LogP contribution in [0.1, 0.15) is 50.6 Å². The Morgan fingerprint density at radius 2 is 2.09 bits per heavy atom. The number of aliphatic imine (C=N–C) groups is 2. The fourth-order valence-corrected chi connectivity index (χ4v) is 4.34. The summed E-state index contributed by atoms with van der Waals surface area (Å²) in [6, 6.07) is 8.41. The molecule has 1 atom stereocenters. The highest BCUT2D eigenvalue weighted by Crippen LogP contribution is 2.37. The highest BCUT2D eigenvalue weighted by molar-refractivity contribution is 6.01. The summed E-state index contributed by atoms with van der Waals surface area (Å²) in [6.45, 7) is 10.3. The minimum atomic E-state index is -0.832. The number of ether oxygens (including phenoxy) is 2. The molecule has 3 heterocycles. The van der Waals surface area contributed by atoms with Gasteiger partial charge in [0.25, 0.3) is 0 Å². The van der Waals surface area contributed by atoms with E-state index in [4.69, 9.17) is 20.3 Å². The summed E-state index contributed by atoms with van der Waals surface area (Å²) in [5.74, 6) is 1.70. The third kappa shape index (κ3) is 4.53. The van der Waals surface area contributed by atoms with Crippen molar-refractivity contribution in [3.8, 4) is 11.4 Å². The van der Waals surface area contributed by atoms with E-state index in [1.807, 2.05) is 44.5 Å². The van der Waals surface area contributed by atoms with Crippen molar-refractivity contribution < 1.29 is 14.6 Å². The Kier molecular flexibility index (Phi) is 6.56. The van der Waals surface area contributed by atoms with Gasteiger partial charge in [0.2, 0.25) is 0 Å². The van der Waals surface area contributed by atoms with Crippen LogP contribution in [0.25, 0.3) is 5.69 Å². The SMILES string of the molecule is COC(O)C(C)(C)N1CC(c2ccc3c(c2)-n2nc(C(N=CN)=NC(C)C)cc2CCO3)C1. The van der Waals surface area contributed by atoms with E-state index < -0.39 is 11.8 Å². The minimum absolute atomic E-state index is 0.0786. The molecule has 33 heavy (non-hydrogen) atoms. The van der Waals surface area contributed by atoms with Gasteiger partial charge in [-0.25, -0.2) is 9.67 Å². The molecule has 9 heteroatoms. The first kappa shape index (κ1) is 23.4. The molecule has 0 amide bonds. The molecule has 2 aromatic rings. The zero-order valence-electron chi connectivity index (χ0n) is 20.0. The van der Waals surface area contributed by atoms with Crippen LogP contribution >= 0.6 is 0 Å². The Labute approximate surface area is 194 Å². The third-order valence-electron chi connectivity index (χ3n) is 6.41. The Morgan fingerprint density at radius 3 is 2.76 bits per heavy atom. The summed E-state index contributed by atoms with van der Waals surface area (Å²) in [6.07, 6.45) is 1.16. The van der Waals surface area contributed by atoms with Gasteiger partial charge in [0.05, 0.1) is 18.5 Å². The van der Waals surface area contributed by atoms with Gasteiger partial charge in [-0.05, 0) is 51.5 Å². The first-order chi connectivity index (χ1) is 15.7. The van der Waals surface area contributed by atoms with Gasteiger partial charge in [0.15, 0.2) is 12.1 Å². The van der Waals surface area contributed by atoms with Gasteiger partial charge in [0.1, 0.15) is 17.1 Å². The maximum absolute atomic E-state index is 10.2. The molecule has 0 spiro atoms. The third-order valence-corrected chi connectivity index (χ3v) is 6.41. The normalized spacial score (nSPS) is 18.6. The fourth-order valence-electron chi connectivity index (χ4n) is 4.34. The van der Waals surface area contributed by atoms with Crippen LogP contribution in [0.3, 0.4) is 0 Å². The highest BCUT2D eigenvalue weighted by Gasteiger charge is 2.42. The minimum Gasteiger partial charge on any atom is -0.491 e. The van der Waals surface area contributed by atoms with Gasteiger partial charge in [-0.15, -0.1) is 0 Å². The van der Waals surface area contributed by atoms with Gasteiger partial charge in [-0.1, -0.05) is 6.07 Å². The highest BCUT2D eigenvalue weighted by atomic mass is 16.6. The van der Waals surface area contributed by atoms with E-state index in [1.54, 1.807) is 0 Å². The topological polar surface area (TPSA) is 110 Å². The van der Waals surface area contributed by atoms with Crippen molar-refractivity contribution in [2.75, 3.05) is 26.8 Å². The molecule has 2 aliphatic heterocycles. The molecule has 0 bridgehead atoms. The van der Waals surface area contributed by atoms with Crippen molar-refractivity contribution >= 4 is 12.2 Å². The van der Waals surface area contributed by atoms with Crippen LogP contribution in [0.15, 0.2) is 34.3 Å². The molecule has 9 nitrogen and oxygen atoms in total. The van der Waals surface area contributed by atoms with Crippen molar-refractivity contribution in [1.82, 2.24) is 14.7 Å². The number of methoxy groups -OCH3 is 1. The quantitative estimate of drug-likeness (QED) is 0.393. The first-order valence-electron chi connectivity index (χ1n) is 11.4. The molecule has 178 valence electrons. The smallest absolute Gasteiger partial charge is 0.177 e. The van der Waals surface area contributed by atoms with Gasteiger partial charge in [0, 0.05) is 44.3 Å². The number of nitrogens with two attached hydrogens (primary N) is 1. The molecule has 1 aromatic heterocycles. The maximum atomic E-state index is 10.2. The van der Waals surface area contributed by atoms with Crippen molar-refractivity contribution in [2.24, 2.45) is 15.7 Å². The first-order valence-corrected chi connectivity index (χ1v) is 11.4. The zero-order chi connectivity index (χ0) is 23.8. The number of aromatic nitrogens is 2. The Hall–Kier alpha value is -2.75. The number of hydrogen-bond donors (Lipinski definition) is 2. The summed E-state index contributed by atoms with van der Waals surface area (Å²) >= 11 is 0. The summed E-state index contributed by atoms with van der Waals surface area (Å²) in [5.41, 5.74) is 8.99. The Bertz CT molecular complexity index is 1050. The molecule has 2 aliphatic rings. The second-order valence-electron chi connectivity index (χ2n) is 9.43. The van der Waals surface area contributed by atoms with Crippen LogP contribution in [0.4, 0.5) is 0 Å². The van der Waals surface area contributed by atoms with E-state index >= 15 is 0 Å². The van der Waals surface area contributed by atoms with Gasteiger partial charge in [-0.3, -0.25) is 9.89 Å². The standard InChI is InChI=1S/C24H34N6O3/c1-15(2)27-22(26-14-25)19-11-18-8-9-33-21-7-6-16(10-20(21)30(18)28-19)17-12-29(13-17)24(3,4)23(31)32-5/h6-7,10-11,14-15,17,23,31H,8-9,12-13H2,1-5H3,(H2,25,26,27). The maximum Gasteiger partial charge on any atom is 0.177 e. The molecule has 0 radical (unpaired) electrons. The zero-order valence-corrected chi connectivity index (χ0v) is 20.0. The number of aliphatic hydroxyl groups is 1. The molecule has 0 saturated carbocycles. The molecule has 4 rings (SSSR count). The van der Waals surface area contributed by atoms with Crippen LogP contribution in [0.5, 0.6) is 5.75 Å². The molecular weight excluding hydrogens is 420 g/mol. The average molecular weight is 455 g/mol. The van der Waals surface area contributed by atoms with Gasteiger partial charge in [-0.2, -0.15) is 5.10 Å². The van der Waals surface area contributed by atoms with Crippen molar-refractivity contribution in [3.05, 3.63) is 41.2 Å². The Morgan fingerprint density at radius 1 is 1.33 bits per heavy atom. The monoisotopic (exact) mass is 454 g/mol. The van der Waals surface area contributed by atoms with Crippen molar-refractivity contribution in [3.63, 3.8) is 0 Å². The van der Waals surface area contributed by atoms with Gasteiger partial charge < -0.3 is 20.3 Å². The Balaban J connectivity index is 1.63. The lowest BCUT2D eigenvalue weighted by atomic mass is 9.86. The molecular formula is C24H34N6O3. The van der Waals surface area contributed by atoms with E-state index in [2.05, 4.69) is 27.0 Å². The lowest BCUT2D eigenvalue weighted by Crippen LogP contribution is -2.61. The molecule has 0 aliphatic carbocycles. The number of fused-ring (bicyclic) bond motifs is 3. The van der Waals surface area contributed by atoms with Crippen molar-refractivity contribution in [1.29, 1.82) is 0 Å². The number of hydrogen-bond acceptors (Lipinski definition) is 6. The number of rotatable bonds is 6. The molecule has 3 N–H and O–H groups in total. The molecule has 1 fully saturated rings. The predicted molar refractivity (Wildman–Crippen MR) is 129 cm³/mol. The number of amidine groups is 1. The molecule has 1 unspecified atom stereocenters. The van der Waals surface area contributed by atoms with Crippen LogP contribution in [-0.2, 0) is 11.2 Å². The summed E-state index contributed by atoms with van der Waals surface area (Å²) in [7, 11) is 1.53. The van der Waals surface area contributed by atoms with E-state index in [9.17, 15) is 5.11 Å². The van der Waals surface area contributed by atoms with Crippen LogP contribution in [0.2, 0.25) is 0 Å². The van der Waals surface area contributed by atoms with E-state index in [-0.39, 0.29) is 6.04 Å². The lowest BCUT2D eigenvalue weighted by Gasteiger charge is -2.50. The van der Waals surface area contributed by atoms with Crippen LogP contribution in [-0.4, -0.2) is 76.6 Å². The molecule has 1 saturated heterocycles. The second kappa shape index (κ2) is 9.24. The lowest BCUT2D eigenvalue weighted by molar-refractivity contribution is -0.174. The number of aliphatic hydroxyl groups excluding tert-OH is 1. The number of likely N-dealkylation sites (tertiary alicyclic amines) is 1. The van der Waals surface area contributed by atoms with Crippen molar-refractivity contribution in [2.45, 2.75) is 57.9 Å². The second-order valence-corrected chi connectivity index (χ2v) is 9.43. The molecule has 1 aromatic carbocycles. The largest absolute Gasteiger partial charge is 0.491 e. The van der Waals surface area contributed by atoms with E-state index in [0.29, 0.717) is 24.1 Å². The van der Waals surface area contributed by atoms with Crippen LogP contribution in [0, 0.1) is 0 Å².